The Balaban J connectivity index is 2.06. The summed E-state index contributed by atoms with van der Waals surface area (Å²) in [7, 11) is 0. The first-order valence-electron chi connectivity index (χ1n) is 8.80. The van der Waals surface area contributed by atoms with Crippen LogP contribution in [0.5, 0.6) is 23.0 Å². The van der Waals surface area contributed by atoms with E-state index in [0.29, 0.717) is 17.3 Å². The molecule has 0 spiro atoms. The minimum atomic E-state index is -0.00552. The van der Waals surface area contributed by atoms with Crippen molar-refractivity contribution in [2.75, 3.05) is 6.61 Å². The van der Waals surface area contributed by atoms with Crippen molar-refractivity contribution in [3.63, 3.8) is 0 Å². The van der Waals surface area contributed by atoms with Crippen LogP contribution >= 0.6 is 11.8 Å². The third-order valence-electron chi connectivity index (χ3n) is 3.85. The summed E-state index contributed by atoms with van der Waals surface area (Å²) in [6.45, 7) is 6.66. The lowest BCUT2D eigenvalue weighted by Crippen LogP contribution is -1.96. The van der Waals surface area contributed by atoms with E-state index < -0.39 is 0 Å². The van der Waals surface area contributed by atoms with Gasteiger partial charge in [0.2, 0.25) is 0 Å². The van der Waals surface area contributed by atoms with Gasteiger partial charge >= 0.3 is 0 Å². The van der Waals surface area contributed by atoms with Crippen molar-refractivity contribution in [3.8, 4) is 23.0 Å². The van der Waals surface area contributed by atoms with Gasteiger partial charge in [-0.15, -0.1) is 0 Å². The number of rotatable bonds is 8. The second-order valence-corrected chi connectivity index (χ2v) is 7.65. The maximum absolute atomic E-state index is 9.98. The van der Waals surface area contributed by atoms with Crippen molar-refractivity contribution < 1.29 is 20.1 Å². The SMILES string of the molecule is CC(C)=CCCC(C)=CCOc1cc(O)ccc1Sc1ccc(O)cc1O. The summed E-state index contributed by atoms with van der Waals surface area (Å²) in [5.41, 5.74) is 2.57. The van der Waals surface area contributed by atoms with Gasteiger partial charge in [-0.1, -0.05) is 29.0 Å². The summed E-state index contributed by atoms with van der Waals surface area (Å²) in [6, 6.07) is 9.33. The maximum atomic E-state index is 9.98. The zero-order chi connectivity index (χ0) is 19.8. The molecule has 0 radical (unpaired) electrons. The molecule has 0 aliphatic rings. The molecule has 0 unspecified atom stereocenters. The second-order valence-electron chi connectivity index (χ2n) is 6.57. The van der Waals surface area contributed by atoms with Gasteiger partial charge in [0, 0.05) is 12.1 Å². The first kappa shape index (κ1) is 20.8. The van der Waals surface area contributed by atoms with Crippen LogP contribution in [0.1, 0.15) is 33.6 Å². The molecule has 144 valence electrons. The number of hydrogen-bond acceptors (Lipinski definition) is 5. The van der Waals surface area contributed by atoms with E-state index in [-0.39, 0.29) is 17.2 Å². The largest absolute Gasteiger partial charge is 0.508 e. The van der Waals surface area contributed by atoms with Crippen molar-refractivity contribution in [2.24, 2.45) is 0 Å². The van der Waals surface area contributed by atoms with Crippen LogP contribution in [0.15, 0.2) is 69.5 Å². The molecule has 4 nitrogen and oxygen atoms in total. The molecule has 0 heterocycles. The fraction of sp³-hybridized carbons (Fsp3) is 0.273. The van der Waals surface area contributed by atoms with Crippen LogP contribution in [0.2, 0.25) is 0 Å². The fourth-order valence-electron chi connectivity index (χ4n) is 2.37. The zero-order valence-corrected chi connectivity index (χ0v) is 16.7. The Labute approximate surface area is 164 Å². The Hall–Kier alpha value is -2.53. The summed E-state index contributed by atoms with van der Waals surface area (Å²) < 4.78 is 5.85. The van der Waals surface area contributed by atoms with Gasteiger partial charge in [-0.2, -0.15) is 0 Å². The highest BCUT2D eigenvalue weighted by Crippen LogP contribution is 2.41. The Morgan fingerprint density at radius 1 is 0.926 bits per heavy atom. The molecular weight excluding hydrogens is 360 g/mol. The van der Waals surface area contributed by atoms with E-state index in [4.69, 9.17) is 4.74 Å². The zero-order valence-electron chi connectivity index (χ0n) is 15.9. The van der Waals surface area contributed by atoms with Gasteiger partial charge in [0.25, 0.3) is 0 Å². The molecule has 0 saturated heterocycles. The van der Waals surface area contributed by atoms with E-state index >= 15 is 0 Å². The van der Waals surface area contributed by atoms with Crippen molar-refractivity contribution in [2.45, 2.75) is 43.4 Å². The van der Waals surface area contributed by atoms with Crippen molar-refractivity contribution in [3.05, 3.63) is 59.7 Å². The number of phenols is 3. The van der Waals surface area contributed by atoms with E-state index in [2.05, 4.69) is 26.8 Å². The van der Waals surface area contributed by atoms with Crippen LogP contribution in [-0.4, -0.2) is 21.9 Å². The third-order valence-corrected chi connectivity index (χ3v) is 4.97. The molecule has 0 saturated carbocycles. The summed E-state index contributed by atoms with van der Waals surface area (Å²) in [5.74, 6) is 0.663. The Morgan fingerprint density at radius 2 is 1.59 bits per heavy atom. The van der Waals surface area contributed by atoms with Crippen molar-refractivity contribution in [1.29, 1.82) is 0 Å². The van der Waals surface area contributed by atoms with Crippen LogP contribution in [-0.2, 0) is 0 Å². The van der Waals surface area contributed by atoms with Gasteiger partial charge in [0.05, 0.1) is 9.79 Å². The molecule has 3 N–H and O–H groups in total. The monoisotopic (exact) mass is 386 g/mol. The number of phenolic OH excluding ortho intramolecular Hbond substituents is 3. The Kier molecular flexibility index (Phi) is 7.67. The summed E-state index contributed by atoms with van der Waals surface area (Å²) >= 11 is 1.31. The van der Waals surface area contributed by atoms with Crippen LogP contribution in [0.4, 0.5) is 0 Å². The van der Waals surface area contributed by atoms with Crippen LogP contribution < -0.4 is 4.74 Å². The van der Waals surface area contributed by atoms with Gasteiger partial charge in [0.15, 0.2) is 0 Å². The molecule has 0 amide bonds. The van der Waals surface area contributed by atoms with Gasteiger partial charge in [-0.3, -0.25) is 0 Å². The van der Waals surface area contributed by atoms with Gasteiger partial charge in [-0.25, -0.2) is 0 Å². The Morgan fingerprint density at radius 3 is 2.26 bits per heavy atom. The molecule has 0 bridgehead atoms. The van der Waals surface area contributed by atoms with Gasteiger partial charge in [-0.05, 0) is 64.0 Å². The topological polar surface area (TPSA) is 69.9 Å². The molecule has 0 aromatic heterocycles. The molecule has 0 aliphatic heterocycles. The van der Waals surface area contributed by atoms with E-state index in [9.17, 15) is 15.3 Å². The highest BCUT2D eigenvalue weighted by atomic mass is 32.2. The normalized spacial score (nSPS) is 11.3. The van der Waals surface area contributed by atoms with E-state index in [1.165, 1.54) is 35.0 Å². The average molecular weight is 387 g/mol. The highest BCUT2D eigenvalue weighted by molar-refractivity contribution is 7.99. The summed E-state index contributed by atoms with van der Waals surface area (Å²) in [6.07, 6.45) is 6.25. The summed E-state index contributed by atoms with van der Waals surface area (Å²) in [5, 5.41) is 29.2. The fourth-order valence-corrected chi connectivity index (χ4v) is 3.26. The first-order chi connectivity index (χ1) is 12.8. The molecule has 0 fully saturated rings. The smallest absolute Gasteiger partial charge is 0.137 e. The van der Waals surface area contributed by atoms with Crippen LogP contribution in [0.25, 0.3) is 0 Å². The van der Waals surface area contributed by atoms with Crippen LogP contribution in [0.3, 0.4) is 0 Å². The standard InChI is InChI=1S/C22H26O4S/c1-15(2)5-4-6-16(3)11-12-26-20-14-18(24)8-10-22(20)27-21-9-7-17(23)13-19(21)25/h5,7-11,13-14,23-25H,4,6,12H2,1-3H3. The van der Waals surface area contributed by atoms with Gasteiger partial charge in [0.1, 0.15) is 29.6 Å². The molecule has 2 aromatic carbocycles. The second kappa shape index (κ2) is 9.97. The average Bonchev–Trinajstić information content (AvgIpc) is 2.59. The number of benzene rings is 2. The lowest BCUT2D eigenvalue weighted by molar-refractivity contribution is 0.349. The maximum Gasteiger partial charge on any atom is 0.137 e. The number of hydrogen-bond donors (Lipinski definition) is 3. The molecular formula is C22H26O4S. The van der Waals surface area contributed by atoms with Crippen LogP contribution in [0, 0.1) is 0 Å². The molecule has 0 atom stereocenters. The molecule has 2 aromatic rings. The molecule has 0 aliphatic carbocycles. The van der Waals surface area contributed by atoms with E-state index in [1.54, 1.807) is 24.3 Å². The van der Waals surface area contributed by atoms with Crippen molar-refractivity contribution in [1.82, 2.24) is 0 Å². The molecule has 2 rings (SSSR count). The minimum Gasteiger partial charge on any atom is -0.508 e. The van der Waals surface area contributed by atoms with E-state index in [0.717, 1.165) is 17.7 Å². The number of ether oxygens (including phenoxy) is 1. The third kappa shape index (κ3) is 6.94. The highest BCUT2D eigenvalue weighted by Gasteiger charge is 2.10. The predicted molar refractivity (Wildman–Crippen MR) is 110 cm³/mol. The van der Waals surface area contributed by atoms with E-state index in [1.807, 2.05) is 6.08 Å². The minimum absolute atomic E-state index is 0.00552. The van der Waals surface area contributed by atoms with Crippen molar-refractivity contribution >= 4 is 11.8 Å². The number of aromatic hydroxyl groups is 3. The van der Waals surface area contributed by atoms with Gasteiger partial charge < -0.3 is 20.1 Å². The molecule has 5 heteroatoms. The lowest BCUT2D eigenvalue weighted by Gasteiger charge is -2.12. The molecule has 27 heavy (non-hydrogen) atoms. The predicted octanol–water partition coefficient (Wildman–Crippen LogP) is 6.03. The summed E-state index contributed by atoms with van der Waals surface area (Å²) in [4.78, 5) is 1.36. The first-order valence-corrected chi connectivity index (χ1v) is 9.61. The Bertz CT molecular complexity index is 836. The number of allylic oxidation sites excluding steroid dienone is 3. The lowest BCUT2D eigenvalue weighted by atomic mass is 10.1. The quantitative estimate of drug-likeness (QED) is 0.484.